The van der Waals surface area contributed by atoms with Crippen molar-refractivity contribution in [2.45, 2.75) is 37.3 Å². The van der Waals surface area contributed by atoms with Crippen molar-refractivity contribution < 1.29 is 0 Å². The van der Waals surface area contributed by atoms with Crippen LogP contribution >= 0.6 is 11.3 Å². The normalized spacial score (nSPS) is 24.1. The van der Waals surface area contributed by atoms with E-state index in [0.717, 1.165) is 19.3 Å². The standard InChI is InChI=1S/C48H38N2S/c1-2-10-35(11-3-1)49-43-15-7-4-12-37(43)40-28-33(22-25-45(40)49)31-18-20-32(21-19-31)34-23-26-46-41(29-34)38-13-5-8-16-44(38)50(46)36-24-27-48-42(30-36)39-14-6-9-17-47(39)51-48/h1-5,7-13,15-21,23-30,33,38,41,44,46H,6,14,22H2. The van der Waals surface area contributed by atoms with Crippen molar-refractivity contribution in [3.8, 4) is 5.69 Å². The monoisotopic (exact) mass is 674 g/mol. The van der Waals surface area contributed by atoms with Crippen LogP contribution in [0, 0.1) is 11.8 Å². The van der Waals surface area contributed by atoms with Crippen LogP contribution in [0.3, 0.4) is 0 Å². The highest BCUT2D eigenvalue weighted by Gasteiger charge is 2.46. The molecular weight excluding hydrogens is 637 g/mol. The Morgan fingerprint density at radius 3 is 2.45 bits per heavy atom. The molecule has 4 aliphatic carbocycles. The summed E-state index contributed by atoms with van der Waals surface area (Å²) in [7, 11) is 0. The first-order chi connectivity index (χ1) is 25.3. The Bertz CT molecular complexity index is 2640. The minimum Gasteiger partial charge on any atom is -0.357 e. The molecule has 3 heteroatoms. The second kappa shape index (κ2) is 11.6. The Morgan fingerprint density at radius 1 is 0.686 bits per heavy atom. The van der Waals surface area contributed by atoms with Gasteiger partial charge in [0.15, 0.2) is 0 Å². The maximum atomic E-state index is 2.70. The van der Waals surface area contributed by atoms with Gasteiger partial charge in [0, 0.05) is 54.7 Å². The summed E-state index contributed by atoms with van der Waals surface area (Å²) in [6.07, 6.45) is 29.7. The highest BCUT2D eigenvalue weighted by Crippen LogP contribution is 2.47. The molecule has 246 valence electrons. The van der Waals surface area contributed by atoms with Crippen LogP contribution in [0.5, 0.6) is 0 Å². The SMILES string of the molecule is C1=CC2C3C=C(c4ccc(C5C=c6c(n(-c7ccccc7)c7ccccc67)=CC5)cc4)C=CC3N(c3ccc4sc5c(c4c3)CCC=C5)C2C=C1. The molecule has 5 unspecified atom stereocenters. The highest BCUT2D eigenvalue weighted by molar-refractivity contribution is 7.20. The first-order valence-corrected chi connectivity index (χ1v) is 19.3. The molecule has 1 aliphatic heterocycles. The van der Waals surface area contributed by atoms with E-state index in [1.165, 1.54) is 64.5 Å². The largest absolute Gasteiger partial charge is 0.357 e. The summed E-state index contributed by atoms with van der Waals surface area (Å²) in [5.74, 6) is 1.23. The van der Waals surface area contributed by atoms with Crippen LogP contribution in [0.25, 0.3) is 50.5 Å². The predicted octanol–water partition coefficient (Wildman–Crippen LogP) is 10.1. The molecule has 0 spiro atoms. The second-order valence-electron chi connectivity index (χ2n) is 14.7. The lowest BCUT2D eigenvalue weighted by molar-refractivity contribution is 0.528. The summed E-state index contributed by atoms with van der Waals surface area (Å²) in [5, 5.41) is 5.44. The molecule has 6 aromatic rings. The average molecular weight is 675 g/mol. The van der Waals surface area contributed by atoms with Gasteiger partial charge in [-0.3, -0.25) is 0 Å². The van der Waals surface area contributed by atoms with Gasteiger partial charge in [0.25, 0.3) is 0 Å². The summed E-state index contributed by atoms with van der Waals surface area (Å²) in [4.78, 5) is 4.14. The molecule has 0 bridgehead atoms. The first kappa shape index (κ1) is 29.4. The fourth-order valence-electron chi connectivity index (χ4n) is 9.60. The van der Waals surface area contributed by atoms with Crippen molar-refractivity contribution >= 4 is 61.8 Å². The van der Waals surface area contributed by atoms with Gasteiger partial charge in [-0.25, -0.2) is 0 Å². The summed E-state index contributed by atoms with van der Waals surface area (Å²) in [5.41, 5.74) is 9.40. The van der Waals surface area contributed by atoms with E-state index in [1.54, 1.807) is 5.56 Å². The maximum absolute atomic E-state index is 2.70. The lowest BCUT2D eigenvalue weighted by atomic mass is 9.80. The van der Waals surface area contributed by atoms with Gasteiger partial charge in [0.2, 0.25) is 0 Å². The minimum atomic E-state index is 0.335. The van der Waals surface area contributed by atoms with Gasteiger partial charge in [0.05, 0.1) is 17.6 Å². The Hall–Kier alpha value is -5.38. The van der Waals surface area contributed by atoms with Crippen LogP contribution < -0.4 is 15.5 Å². The molecule has 5 aliphatic rings. The number of allylic oxidation sites excluding steroid dienone is 5. The van der Waals surface area contributed by atoms with E-state index in [0.29, 0.717) is 29.8 Å². The number of nitrogens with zero attached hydrogens (tertiary/aromatic N) is 2. The van der Waals surface area contributed by atoms with Crippen LogP contribution in [0.2, 0.25) is 0 Å². The zero-order chi connectivity index (χ0) is 33.5. The quantitative estimate of drug-likeness (QED) is 0.181. The van der Waals surface area contributed by atoms with E-state index in [4.69, 9.17) is 0 Å². The molecule has 3 heterocycles. The van der Waals surface area contributed by atoms with Gasteiger partial charge < -0.3 is 9.47 Å². The summed E-state index contributed by atoms with van der Waals surface area (Å²) in [6.45, 7) is 0. The van der Waals surface area contributed by atoms with Crippen LogP contribution in [0.15, 0.2) is 146 Å². The van der Waals surface area contributed by atoms with Gasteiger partial charge in [-0.15, -0.1) is 11.3 Å². The van der Waals surface area contributed by atoms with E-state index >= 15 is 0 Å². The lowest BCUT2D eigenvalue weighted by Gasteiger charge is -2.32. The van der Waals surface area contributed by atoms with Crippen molar-refractivity contribution in [3.05, 3.63) is 178 Å². The number of hydrogen-bond donors (Lipinski definition) is 0. The van der Waals surface area contributed by atoms with E-state index in [-0.39, 0.29) is 0 Å². The molecule has 2 nitrogen and oxygen atoms in total. The molecule has 1 saturated heterocycles. The van der Waals surface area contributed by atoms with Gasteiger partial charge in [-0.2, -0.15) is 0 Å². The average Bonchev–Trinajstić information content (AvgIpc) is 3.85. The Morgan fingerprint density at radius 2 is 1.53 bits per heavy atom. The van der Waals surface area contributed by atoms with Gasteiger partial charge in [0.1, 0.15) is 0 Å². The summed E-state index contributed by atoms with van der Waals surface area (Å²) < 4.78 is 3.83. The number of thiophene rings is 1. The van der Waals surface area contributed by atoms with Crippen LogP contribution in [0.4, 0.5) is 5.69 Å². The van der Waals surface area contributed by atoms with Crippen molar-refractivity contribution in [1.29, 1.82) is 0 Å². The highest BCUT2D eigenvalue weighted by atomic mass is 32.1. The van der Waals surface area contributed by atoms with Crippen LogP contribution in [-0.2, 0) is 6.42 Å². The molecule has 0 amide bonds. The summed E-state index contributed by atoms with van der Waals surface area (Å²) >= 11 is 1.94. The second-order valence-corrected chi connectivity index (χ2v) is 15.8. The smallest absolute Gasteiger partial charge is 0.0552 e. The Labute approximate surface area is 302 Å². The molecule has 5 atom stereocenters. The molecule has 0 N–H and O–H groups in total. The van der Waals surface area contributed by atoms with E-state index in [2.05, 4.69) is 173 Å². The number of aromatic nitrogens is 1. The fraction of sp³-hybridized carbons (Fsp3) is 0.167. The topological polar surface area (TPSA) is 8.17 Å². The van der Waals surface area contributed by atoms with Crippen molar-refractivity contribution in [2.75, 3.05) is 4.90 Å². The minimum absolute atomic E-state index is 0.335. The number of anilines is 1. The number of hydrogen-bond acceptors (Lipinski definition) is 2. The fourth-order valence-corrected chi connectivity index (χ4v) is 10.8. The maximum Gasteiger partial charge on any atom is 0.0552 e. The Balaban J connectivity index is 0.906. The zero-order valence-corrected chi connectivity index (χ0v) is 29.2. The number of fused-ring (bicyclic) bond motifs is 9. The predicted molar refractivity (Wildman–Crippen MR) is 217 cm³/mol. The lowest BCUT2D eigenvalue weighted by Crippen LogP contribution is -2.36. The van der Waals surface area contributed by atoms with Crippen molar-refractivity contribution in [2.24, 2.45) is 11.8 Å². The van der Waals surface area contributed by atoms with E-state index in [1.807, 2.05) is 11.3 Å². The van der Waals surface area contributed by atoms with Gasteiger partial charge in [-0.05, 0) is 89.4 Å². The molecule has 4 aromatic carbocycles. The molecule has 0 radical (unpaired) electrons. The van der Waals surface area contributed by atoms with Gasteiger partial charge in [-0.1, -0.05) is 121 Å². The number of para-hydroxylation sites is 2. The number of rotatable bonds is 4. The molecule has 1 fully saturated rings. The Kier molecular flexibility index (Phi) is 6.67. The van der Waals surface area contributed by atoms with Crippen LogP contribution in [0.1, 0.15) is 40.3 Å². The van der Waals surface area contributed by atoms with E-state index < -0.39 is 0 Å². The number of aryl methyl sites for hydroxylation is 1. The van der Waals surface area contributed by atoms with Gasteiger partial charge >= 0.3 is 0 Å². The molecular formula is C48H38N2S. The zero-order valence-electron chi connectivity index (χ0n) is 28.4. The molecule has 51 heavy (non-hydrogen) atoms. The number of benzene rings is 4. The van der Waals surface area contributed by atoms with Crippen LogP contribution in [-0.4, -0.2) is 16.7 Å². The third-order valence-electron chi connectivity index (χ3n) is 12.0. The molecule has 2 aromatic heterocycles. The van der Waals surface area contributed by atoms with Crippen molar-refractivity contribution in [1.82, 2.24) is 4.57 Å². The van der Waals surface area contributed by atoms with Crippen molar-refractivity contribution in [3.63, 3.8) is 0 Å². The first-order valence-electron chi connectivity index (χ1n) is 18.5. The molecule has 11 rings (SSSR count). The third kappa shape index (κ3) is 4.61. The van der Waals surface area contributed by atoms with E-state index in [9.17, 15) is 0 Å². The third-order valence-corrected chi connectivity index (χ3v) is 13.2. The summed E-state index contributed by atoms with van der Waals surface area (Å²) in [6, 6.07) is 37.0. The molecule has 0 saturated carbocycles.